The smallest absolute Gasteiger partial charge is 0.416 e. The number of carbonyl (C=O) groups excluding carboxylic acids is 2. The lowest BCUT2D eigenvalue weighted by molar-refractivity contribution is -0.137. The highest BCUT2D eigenvalue weighted by Gasteiger charge is 2.38. The van der Waals surface area contributed by atoms with E-state index in [0.29, 0.717) is 31.2 Å². The molecule has 2 aromatic carbocycles. The third kappa shape index (κ3) is 6.23. The Labute approximate surface area is 179 Å². The molecule has 0 bridgehead atoms. The van der Waals surface area contributed by atoms with Crippen LogP contribution in [0.2, 0.25) is 0 Å². The number of amides is 2. The molecule has 1 atom stereocenters. The predicted molar refractivity (Wildman–Crippen MR) is 109 cm³/mol. The first-order valence-corrected chi connectivity index (χ1v) is 10.1. The third-order valence-electron chi connectivity index (χ3n) is 5.49. The number of methoxy groups -OCH3 is 1. The number of benzene rings is 2. The van der Waals surface area contributed by atoms with Gasteiger partial charge in [0.2, 0.25) is 11.8 Å². The largest absolute Gasteiger partial charge is 0.497 e. The van der Waals surface area contributed by atoms with Crippen molar-refractivity contribution in [1.82, 2.24) is 10.6 Å². The van der Waals surface area contributed by atoms with Crippen molar-refractivity contribution in [3.8, 4) is 5.75 Å². The number of alkyl halides is 3. The molecule has 1 fully saturated rings. The summed E-state index contributed by atoms with van der Waals surface area (Å²) < 4.78 is 43.7. The normalized spacial score (nSPS) is 18.5. The van der Waals surface area contributed by atoms with Crippen molar-refractivity contribution in [1.29, 1.82) is 0 Å². The Morgan fingerprint density at radius 1 is 1.16 bits per heavy atom. The number of hydrogen-bond donors (Lipinski definition) is 2. The summed E-state index contributed by atoms with van der Waals surface area (Å²) in [5, 5.41) is 5.69. The van der Waals surface area contributed by atoms with Gasteiger partial charge in [0.25, 0.3) is 0 Å². The van der Waals surface area contributed by atoms with Crippen LogP contribution < -0.4 is 15.4 Å². The summed E-state index contributed by atoms with van der Waals surface area (Å²) in [7, 11) is 1.58. The van der Waals surface area contributed by atoms with Gasteiger partial charge in [0.1, 0.15) is 5.75 Å². The Morgan fingerprint density at radius 2 is 1.90 bits per heavy atom. The Bertz CT molecular complexity index is 946. The second kappa shape index (κ2) is 9.41. The average Bonchev–Trinajstić information content (AvgIpc) is 3.11. The summed E-state index contributed by atoms with van der Waals surface area (Å²) in [5.74, 6) is 0.395. The van der Waals surface area contributed by atoms with Gasteiger partial charge in [-0.05, 0) is 54.7 Å². The van der Waals surface area contributed by atoms with E-state index in [-0.39, 0.29) is 24.8 Å². The van der Waals surface area contributed by atoms with Crippen LogP contribution in [0.25, 0.3) is 0 Å². The minimum atomic E-state index is -4.42. The summed E-state index contributed by atoms with van der Waals surface area (Å²) in [6.07, 6.45) is -2.25. The Kier molecular flexibility index (Phi) is 6.87. The van der Waals surface area contributed by atoms with Crippen LogP contribution in [0.4, 0.5) is 13.2 Å². The third-order valence-corrected chi connectivity index (χ3v) is 5.49. The molecule has 0 aliphatic carbocycles. The molecule has 0 saturated carbocycles. The second-order valence-corrected chi connectivity index (χ2v) is 7.83. The van der Waals surface area contributed by atoms with Crippen LogP contribution >= 0.6 is 0 Å². The lowest BCUT2D eigenvalue weighted by Gasteiger charge is -2.29. The highest BCUT2D eigenvalue weighted by Crippen LogP contribution is 2.31. The molecule has 0 aromatic heterocycles. The standard InChI is InChI=1S/C23H25F3N2O3/c1-31-19-7-3-4-16(13-19)14-22(11-9-21(30)28-22)10-8-20(29)27-15-17-5-2-6-18(12-17)23(24,25)26/h2-7,12-13H,8-11,14-15H2,1H3,(H,27,29)(H,28,30). The molecule has 5 nitrogen and oxygen atoms in total. The van der Waals surface area contributed by atoms with E-state index in [0.717, 1.165) is 23.4 Å². The van der Waals surface area contributed by atoms with Crippen LogP contribution in [0.1, 0.15) is 42.4 Å². The Hall–Kier alpha value is -3.03. The fourth-order valence-electron chi connectivity index (χ4n) is 3.85. The number of halogens is 3. The van der Waals surface area contributed by atoms with Crippen LogP contribution in [0.3, 0.4) is 0 Å². The lowest BCUT2D eigenvalue weighted by atomic mass is 9.85. The maximum absolute atomic E-state index is 12.8. The van der Waals surface area contributed by atoms with E-state index in [1.54, 1.807) is 7.11 Å². The van der Waals surface area contributed by atoms with Crippen LogP contribution in [0.5, 0.6) is 5.75 Å². The second-order valence-electron chi connectivity index (χ2n) is 7.83. The minimum absolute atomic E-state index is 0.0119. The molecule has 0 spiro atoms. The molecule has 2 amide bonds. The molecule has 0 radical (unpaired) electrons. The number of hydrogen-bond acceptors (Lipinski definition) is 3. The summed E-state index contributed by atoms with van der Waals surface area (Å²) in [4.78, 5) is 24.3. The molecular weight excluding hydrogens is 409 g/mol. The number of nitrogens with one attached hydrogen (secondary N) is 2. The molecule has 1 unspecified atom stereocenters. The average molecular weight is 434 g/mol. The zero-order chi connectivity index (χ0) is 22.5. The molecule has 8 heteroatoms. The van der Waals surface area contributed by atoms with E-state index < -0.39 is 17.3 Å². The van der Waals surface area contributed by atoms with E-state index in [1.807, 2.05) is 24.3 Å². The van der Waals surface area contributed by atoms with Gasteiger partial charge < -0.3 is 15.4 Å². The van der Waals surface area contributed by atoms with Crippen molar-refractivity contribution < 1.29 is 27.5 Å². The quantitative estimate of drug-likeness (QED) is 0.660. The zero-order valence-corrected chi connectivity index (χ0v) is 17.2. The highest BCUT2D eigenvalue weighted by molar-refractivity contribution is 5.80. The SMILES string of the molecule is COc1cccc(CC2(CCC(=O)NCc3cccc(C(F)(F)F)c3)CCC(=O)N2)c1. The molecule has 1 saturated heterocycles. The highest BCUT2D eigenvalue weighted by atomic mass is 19.4. The molecule has 3 rings (SSSR count). The number of rotatable bonds is 8. The van der Waals surface area contributed by atoms with Gasteiger partial charge in [-0.15, -0.1) is 0 Å². The van der Waals surface area contributed by atoms with Gasteiger partial charge in [0, 0.05) is 24.9 Å². The van der Waals surface area contributed by atoms with Gasteiger partial charge in [-0.2, -0.15) is 13.2 Å². The summed E-state index contributed by atoms with van der Waals surface area (Å²) in [6.45, 7) is 0.0119. The Morgan fingerprint density at radius 3 is 2.58 bits per heavy atom. The van der Waals surface area contributed by atoms with Crippen molar-refractivity contribution in [2.75, 3.05) is 7.11 Å². The van der Waals surface area contributed by atoms with E-state index in [4.69, 9.17) is 4.74 Å². The van der Waals surface area contributed by atoms with Crippen LogP contribution in [-0.2, 0) is 28.7 Å². The van der Waals surface area contributed by atoms with Crippen LogP contribution in [-0.4, -0.2) is 24.5 Å². The van der Waals surface area contributed by atoms with Crippen molar-refractivity contribution in [3.05, 3.63) is 65.2 Å². The van der Waals surface area contributed by atoms with Crippen molar-refractivity contribution >= 4 is 11.8 Å². The molecule has 2 N–H and O–H groups in total. The summed E-state index contributed by atoms with van der Waals surface area (Å²) >= 11 is 0. The minimum Gasteiger partial charge on any atom is -0.497 e. The van der Waals surface area contributed by atoms with E-state index >= 15 is 0 Å². The van der Waals surface area contributed by atoms with Gasteiger partial charge in [-0.3, -0.25) is 9.59 Å². The zero-order valence-electron chi connectivity index (χ0n) is 17.2. The molecule has 2 aromatic rings. The topological polar surface area (TPSA) is 67.4 Å². The van der Waals surface area contributed by atoms with E-state index in [2.05, 4.69) is 10.6 Å². The summed E-state index contributed by atoms with van der Waals surface area (Å²) in [6, 6.07) is 12.4. The predicted octanol–water partition coefficient (Wildman–Crippen LogP) is 4.00. The molecule has 1 aliphatic rings. The van der Waals surface area contributed by atoms with Gasteiger partial charge in [-0.25, -0.2) is 0 Å². The van der Waals surface area contributed by atoms with E-state index in [9.17, 15) is 22.8 Å². The van der Waals surface area contributed by atoms with Gasteiger partial charge in [0.05, 0.1) is 12.7 Å². The monoisotopic (exact) mass is 434 g/mol. The maximum Gasteiger partial charge on any atom is 0.416 e. The summed E-state index contributed by atoms with van der Waals surface area (Å²) in [5.41, 5.74) is 0.0938. The van der Waals surface area contributed by atoms with Crippen LogP contribution in [0, 0.1) is 0 Å². The number of ether oxygens (including phenoxy) is 1. The fraction of sp³-hybridized carbons (Fsp3) is 0.391. The molecule has 1 heterocycles. The maximum atomic E-state index is 12.8. The molecular formula is C23H25F3N2O3. The first-order valence-electron chi connectivity index (χ1n) is 10.1. The first kappa shape index (κ1) is 22.7. The van der Waals surface area contributed by atoms with Crippen molar-refractivity contribution in [3.63, 3.8) is 0 Å². The number of carbonyl (C=O) groups is 2. The van der Waals surface area contributed by atoms with Crippen LogP contribution in [0.15, 0.2) is 48.5 Å². The van der Waals surface area contributed by atoms with Gasteiger partial charge in [0.15, 0.2) is 0 Å². The van der Waals surface area contributed by atoms with E-state index in [1.165, 1.54) is 12.1 Å². The first-order chi connectivity index (χ1) is 14.7. The molecule has 1 aliphatic heterocycles. The van der Waals surface area contributed by atoms with Crippen molar-refractivity contribution in [2.24, 2.45) is 0 Å². The fourth-order valence-corrected chi connectivity index (χ4v) is 3.85. The van der Waals surface area contributed by atoms with Gasteiger partial charge in [-0.1, -0.05) is 24.3 Å². The van der Waals surface area contributed by atoms with Crippen molar-refractivity contribution in [2.45, 2.75) is 50.4 Å². The van der Waals surface area contributed by atoms with Gasteiger partial charge >= 0.3 is 6.18 Å². The Balaban J connectivity index is 1.59. The molecule has 31 heavy (non-hydrogen) atoms. The lowest BCUT2D eigenvalue weighted by Crippen LogP contribution is -2.44. The molecule has 166 valence electrons.